The van der Waals surface area contributed by atoms with Crippen LogP contribution in [0.25, 0.3) is 10.9 Å². The number of halogens is 4. The van der Waals surface area contributed by atoms with Gasteiger partial charge in [0.25, 0.3) is 0 Å². The molecule has 7 heteroatoms. The molecule has 2 heterocycles. The van der Waals surface area contributed by atoms with Crippen LogP contribution >= 0.6 is 11.6 Å². The molecule has 0 aliphatic carbocycles. The van der Waals surface area contributed by atoms with Crippen LogP contribution in [0.3, 0.4) is 0 Å². The van der Waals surface area contributed by atoms with Gasteiger partial charge in [-0.3, -0.25) is 5.10 Å². The van der Waals surface area contributed by atoms with Crippen LogP contribution < -0.4 is 0 Å². The smallest absolute Gasteiger partial charge is 0.275 e. The number of rotatable bonds is 0. The Bertz CT molecular complexity index is 476. The lowest BCUT2D eigenvalue weighted by atomic mass is 10.2. The van der Waals surface area contributed by atoms with Crippen LogP contribution in [-0.4, -0.2) is 15.2 Å². The Kier molecular flexibility index (Phi) is 1.88. The third kappa shape index (κ3) is 1.41. The SMILES string of the molecule is FC(F)(F)c1cc2cn[nH]c2c(Cl)n1. The van der Waals surface area contributed by atoms with Crippen molar-refractivity contribution in [2.75, 3.05) is 0 Å². The van der Waals surface area contributed by atoms with Gasteiger partial charge < -0.3 is 0 Å². The maximum atomic E-state index is 12.3. The lowest BCUT2D eigenvalue weighted by molar-refractivity contribution is -0.141. The summed E-state index contributed by atoms with van der Waals surface area (Å²) in [5.74, 6) is 0. The molecule has 2 rings (SSSR count). The van der Waals surface area contributed by atoms with E-state index in [0.717, 1.165) is 6.07 Å². The minimum Gasteiger partial charge on any atom is -0.275 e. The van der Waals surface area contributed by atoms with Crippen LogP contribution in [0.2, 0.25) is 5.15 Å². The Morgan fingerprint density at radius 3 is 2.71 bits per heavy atom. The van der Waals surface area contributed by atoms with Crippen LogP contribution in [0.4, 0.5) is 13.2 Å². The van der Waals surface area contributed by atoms with Gasteiger partial charge in [-0.15, -0.1) is 0 Å². The van der Waals surface area contributed by atoms with E-state index in [0.29, 0.717) is 5.52 Å². The maximum Gasteiger partial charge on any atom is 0.433 e. The number of aromatic nitrogens is 3. The van der Waals surface area contributed by atoms with Crippen LogP contribution in [0, 0.1) is 0 Å². The van der Waals surface area contributed by atoms with Crippen molar-refractivity contribution in [3.05, 3.63) is 23.1 Å². The van der Waals surface area contributed by atoms with Crippen LogP contribution in [0.5, 0.6) is 0 Å². The average Bonchev–Trinajstić information content (AvgIpc) is 2.50. The maximum absolute atomic E-state index is 12.3. The zero-order valence-corrected chi connectivity index (χ0v) is 7.32. The fourth-order valence-corrected chi connectivity index (χ4v) is 1.30. The van der Waals surface area contributed by atoms with E-state index < -0.39 is 11.9 Å². The van der Waals surface area contributed by atoms with Gasteiger partial charge in [0.2, 0.25) is 0 Å². The first-order valence-corrected chi connectivity index (χ1v) is 3.93. The molecule has 0 bridgehead atoms. The van der Waals surface area contributed by atoms with E-state index in [9.17, 15) is 13.2 Å². The predicted molar refractivity (Wildman–Crippen MR) is 43.9 cm³/mol. The Morgan fingerprint density at radius 2 is 2.07 bits per heavy atom. The highest BCUT2D eigenvalue weighted by molar-refractivity contribution is 6.33. The molecule has 0 saturated heterocycles. The highest BCUT2D eigenvalue weighted by atomic mass is 35.5. The molecule has 2 aromatic heterocycles. The second kappa shape index (κ2) is 2.84. The quantitative estimate of drug-likeness (QED) is 0.695. The summed E-state index contributed by atoms with van der Waals surface area (Å²) in [4.78, 5) is 3.21. The monoisotopic (exact) mass is 221 g/mol. The Morgan fingerprint density at radius 1 is 1.36 bits per heavy atom. The number of hydrogen-bond acceptors (Lipinski definition) is 2. The third-order valence-electron chi connectivity index (χ3n) is 1.68. The lowest BCUT2D eigenvalue weighted by Crippen LogP contribution is -2.07. The van der Waals surface area contributed by atoms with Crippen LogP contribution in [0.15, 0.2) is 12.3 Å². The number of fused-ring (bicyclic) bond motifs is 1. The largest absolute Gasteiger partial charge is 0.433 e. The number of H-pyrrole nitrogens is 1. The van der Waals surface area contributed by atoms with Gasteiger partial charge >= 0.3 is 6.18 Å². The molecule has 0 aliphatic heterocycles. The van der Waals surface area contributed by atoms with Crippen molar-refractivity contribution in [1.29, 1.82) is 0 Å². The molecule has 0 aromatic carbocycles. The van der Waals surface area contributed by atoms with Gasteiger partial charge in [0.1, 0.15) is 11.2 Å². The van der Waals surface area contributed by atoms with Gasteiger partial charge in [-0.2, -0.15) is 18.3 Å². The van der Waals surface area contributed by atoms with E-state index in [-0.39, 0.29) is 10.5 Å². The van der Waals surface area contributed by atoms with Crippen molar-refractivity contribution < 1.29 is 13.2 Å². The van der Waals surface area contributed by atoms with E-state index in [1.807, 2.05) is 0 Å². The number of hydrogen-bond donors (Lipinski definition) is 1. The summed E-state index contributed by atoms with van der Waals surface area (Å²) in [7, 11) is 0. The van der Waals surface area contributed by atoms with Crippen molar-refractivity contribution in [2.24, 2.45) is 0 Å². The lowest BCUT2D eigenvalue weighted by Gasteiger charge is -2.05. The number of nitrogens with one attached hydrogen (secondary N) is 1. The highest BCUT2D eigenvalue weighted by Gasteiger charge is 2.33. The normalized spacial score (nSPS) is 12.3. The molecule has 0 saturated carbocycles. The van der Waals surface area contributed by atoms with E-state index in [2.05, 4.69) is 15.2 Å². The number of aromatic amines is 1. The van der Waals surface area contributed by atoms with Crippen molar-refractivity contribution in [2.45, 2.75) is 6.18 Å². The summed E-state index contributed by atoms with van der Waals surface area (Å²) < 4.78 is 36.8. The highest BCUT2D eigenvalue weighted by Crippen LogP contribution is 2.31. The topological polar surface area (TPSA) is 41.6 Å². The molecular formula is C7H3ClF3N3. The number of nitrogens with zero attached hydrogens (tertiary/aromatic N) is 2. The second-order valence-corrected chi connectivity index (χ2v) is 2.99. The first kappa shape index (κ1) is 9.26. The van der Waals surface area contributed by atoms with Gasteiger partial charge in [-0.25, -0.2) is 4.98 Å². The van der Waals surface area contributed by atoms with Crippen molar-refractivity contribution in [1.82, 2.24) is 15.2 Å². The molecule has 2 aromatic rings. The number of alkyl halides is 3. The van der Waals surface area contributed by atoms with Crippen LogP contribution in [-0.2, 0) is 6.18 Å². The van der Waals surface area contributed by atoms with Crippen LogP contribution in [0.1, 0.15) is 5.69 Å². The minimum atomic E-state index is -4.49. The van der Waals surface area contributed by atoms with Gasteiger partial charge in [0.15, 0.2) is 5.15 Å². The summed E-state index contributed by atoms with van der Waals surface area (Å²) in [5, 5.41) is 6.08. The molecule has 74 valence electrons. The van der Waals surface area contributed by atoms with E-state index in [1.54, 1.807) is 0 Å². The summed E-state index contributed by atoms with van der Waals surface area (Å²) in [6, 6.07) is 0.894. The van der Waals surface area contributed by atoms with Crippen molar-refractivity contribution in [3.8, 4) is 0 Å². The molecule has 14 heavy (non-hydrogen) atoms. The van der Waals surface area contributed by atoms with Gasteiger partial charge in [-0.1, -0.05) is 11.6 Å². The second-order valence-electron chi connectivity index (χ2n) is 2.63. The molecule has 1 N–H and O–H groups in total. The molecule has 0 atom stereocenters. The van der Waals surface area contributed by atoms with Gasteiger partial charge in [0, 0.05) is 5.39 Å². The first-order valence-electron chi connectivity index (χ1n) is 3.55. The molecule has 0 aliphatic rings. The summed E-state index contributed by atoms with van der Waals surface area (Å²) in [6.07, 6.45) is -3.23. The van der Waals surface area contributed by atoms with Crippen molar-refractivity contribution in [3.63, 3.8) is 0 Å². The Labute approximate surface area is 80.9 Å². The Balaban J connectivity index is 2.70. The molecule has 0 radical (unpaired) electrons. The van der Waals surface area contributed by atoms with Gasteiger partial charge in [-0.05, 0) is 6.07 Å². The average molecular weight is 222 g/mol. The summed E-state index contributed by atoms with van der Waals surface area (Å²) in [6.45, 7) is 0. The molecule has 0 fully saturated rings. The molecule has 0 amide bonds. The van der Waals surface area contributed by atoms with Gasteiger partial charge in [0.05, 0.1) is 6.20 Å². The standard InChI is InChI=1S/C7H3ClF3N3/c8-6-5-3(2-12-14-5)1-4(13-6)7(9,10)11/h1-2H,(H,12,14). The zero-order chi connectivity index (χ0) is 10.3. The minimum absolute atomic E-state index is 0.229. The molecular weight excluding hydrogens is 219 g/mol. The Hall–Kier alpha value is -1.30. The predicted octanol–water partition coefficient (Wildman–Crippen LogP) is 2.63. The zero-order valence-electron chi connectivity index (χ0n) is 6.56. The summed E-state index contributed by atoms with van der Waals surface area (Å²) in [5.41, 5.74) is -0.712. The third-order valence-corrected chi connectivity index (χ3v) is 1.95. The molecule has 0 spiro atoms. The first-order chi connectivity index (χ1) is 6.48. The summed E-state index contributed by atoms with van der Waals surface area (Å²) >= 11 is 5.53. The fourth-order valence-electron chi connectivity index (χ4n) is 1.06. The fraction of sp³-hybridized carbons (Fsp3) is 0.143. The van der Waals surface area contributed by atoms with E-state index >= 15 is 0 Å². The van der Waals surface area contributed by atoms with E-state index in [1.165, 1.54) is 6.20 Å². The van der Waals surface area contributed by atoms with Crippen molar-refractivity contribution >= 4 is 22.5 Å². The molecule has 0 unspecified atom stereocenters. The van der Waals surface area contributed by atoms with E-state index in [4.69, 9.17) is 11.6 Å². The molecule has 3 nitrogen and oxygen atoms in total. The number of pyridine rings is 1.